The first-order valence-electron chi connectivity index (χ1n) is 7.88. The van der Waals surface area contributed by atoms with Crippen molar-refractivity contribution in [2.75, 3.05) is 10.6 Å². The van der Waals surface area contributed by atoms with E-state index in [0.29, 0.717) is 11.5 Å². The van der Waals surface area contributed by atoms with Gasteiger partial charge in [-0.2, -0.15) is 10.1 Å². The Morgan fingerprint density at radius 2 is 1.92 bits per heavy atom. The van der Waals surface area contributed by atoms with Crippen LogP contribution in [0.5, 0.6) is 0 Å². The van der Waals surface area contributed by atoms with Crippen LogP contribution in [0.4, 0.5) is 11.6 Å². The first-order valence-corrected chi connectivity index (χ1v) is 7.88. The van der Waals surface area contributed by atoms with Crippen molar-refractivity contribution in [1.29, 1.82) is 0 Å². The van der Waals surface area contributed by atoms with E-state index in [1.165, 1.54) is 6.33 Å². The molecule has 1 aromatic carbocycles. The third-order valence-electron chi connectivity index (χ3n) is 4.04. The number of nitrogens with one attached hydrogen (secondary N) is 2. The second-order valence-electron chi connectivity index (χ2n) is 5.67. The van der Waals surface area contributed by atoms with Crippen LogP contribution in [0, 0.1) is 0 Å². The molecule has 2 aromatic heterocycles. The van der Waals surface area contributed by atoms with Gasteiger partial charge in [0.25, 0.3) is 5.91 Å². The van der Waals surface area contributed by atoms with Crippen molar-refractivity contribution in [1.82, 2.24) is 19.7 Å². The van der Waals surface area contributed by atoms with E-state index in [2.05, 4.69) is 25.7 Å². The van der Waals surface area contributed by atoms with E-state index >= 15 is 0 Å². The number of para-hydroxylation sites is 1. The molecule has 3 aromatic rings. The van der Waals surface area contributed by atoms with Crippen LogP contribution >= 0.6 is 0 Å². The van der Waals surface area contributed by atoms with Crippen LogP contribution in [0.15, 0.2) is 72.3 Å². The van der Waals surface area contributed by atoms with Crippen molar-refractivity contribution in [3.63, 3.8) is 0 Å². The summed E-state index contributed by atoms with van der Waals surface area (Å²) in [5.74, 6) is 0.386. The second kappa shape index (κ2) is 6.20. The van der Waals surface area contributed by atoms with Crippen molar-refractivity contribution in [2.24, 2.45) is 0 Å². The number of rotatable bonds is 3. The Labute approximate surface area is 144 Å². The number of carbonyl (C=O) groups is 1. The number of aromatic nitrogens is 4. The highest BCUT2D eigenvalue weighted by Gasteiger charge is 2.34. The Morgan fingerprint density at radius 1 is 1.12 bits per heavy atom. The first-order chi connectivity index (χ1) is 12.2. The fourth-order valence-electron chi connectivity index (χ4n) is 2.92. The summed E-state index contributed by atoms with van der Waals surface area (Å²) in [5.41, 5.74) is 2.75. The average Bonchev–Trinajstić information content (AvgIpc) is 3.10. The van der Waals surface area contributed by atoms with E-state index < -0.39 is 6.04 Å². The fourth-order valence-corrected chi connectivity index (χ4v) is 2.92. The molecule has 0 spiro atoms. The molecule has 1 amide bonds. The molecule has 2 N–H and O–H groups in total. The minimum absolute atomic E-state index is 0.201. The monoisotopic (exact) mass is 332 g/mol. The molecule has 1 aliphatic rings. The maximum absolute atomic E-state index is 13.0. The summed E-state index contributed by atoms with van der Waals surface area (Å²) < 4.78 is 1.68. The summed E-state index contributed by atoms with van der Waals surface area (Å²) in [4.78, 5) is 21.6. The molecule has 1 aliphatic heterocycles. The van der Waals surface area contributed by atoms with Gasteiger partial charge in [-0.25, -0.2) is 4.68 Å². The van der Waals surface area contributed by atoms with Crippen LogP contribution in [0.2, 0.25) is 0 Å². The van der Waals surface area contributed by atoms with E-state index in [-0.39, 0.29) is 5.91 Å². The highest BCUT2D eigenvalue weighted by atomic mass is 16.1. The molecule has 124 valence electrons. The first kappa shape index (κ1) is 15.1. The quantitative estimate of drug-likeness (QED) is 0.770. The highest BCUT2D eigenvalue weighted by Crippen LogP contribution is 2.34. The zero-order valence-electron chi connectivity index (χ0n) is 13.5. The van der Waals surface area contributed by atoms with Gasteiger partial charge >= 0.3 is 0 Å². The van der Waals surface area contributed by atoms with Gasteiger partial charge in [-0.3, -0.25) is 9.78 Å². The molecule has 0 fully saturated rings. The maximum Gasteiger partial charge on any atom is 0.255 e. The van der Waals surface area contributed by atoms with E-state index in [1.807, 2.05) is 55.5 Å². The summed E-state index contributed by atoms with van der Waals surface area (Å²) in [7, 11) is 0. The maximum atomic E-state index is 13.0. The number of amides is 1. The standard InChI is InChI=1S/C18H16N6O/c1-12-15(17(25)23-13-7-3-2-4-8-13)16(14-9-5-6-10-19-14)24-18(22-12)20-11-21-24/h2-11,16H,1H3,(H,23,25)(H,20,21,22)/t16-/m1/s1. The van der Waals surface area contributed by atoms with E-state index in [9.17, 15) is 4.79 Å². The number of pyridine rings is 1. The smallest absolute Gasteiger partial charge is 0.255 e. The predicted octanol–water partition coefficient (Wildman–Crippen LogP) is 2.60. The number of hydrogen-bond donors (Lipinski definition) is 2. The fraction of sp³-hybridized carbons (Fsp3) is 0.111. The highest BCUT2D eigenvalue weighted by molar-refractivity contribution is 6.05. The molecule has 0 unspecified atom stereocenters. The zero-order chi connectivity index (χ0) is 17.2. The van der Waals surface area contributed by atoms with Crippen molar-refractivity contribution in [3.8, 4) is 0 Å². The molecule has 0 saturated heterocycles. The van der Waals surface area contributed by atoms with Gasteiger partial charge in [-0.1, -0.05) is 24.3 Å². The van der Waals surface area contributed by atoms with Crippen molar-refractivity contribution in [3.05, 3.63) is 78.0 Å². The minimum atomic E-state index is -0.441. The van der Waals surface area contributed by atoms with Gasteiger partial charge in [0.2, 0.25) is 5.95 Å². The van der Waals surface area contributed by atoms with Crippen LogP contribution < -0.4 is 10.6 Å². The number of carbonyl (C=O) groups excluding carboxylic acids is 1. The van der Waals surface area contributed by atoms with Gasteiger partial charge in [-0.05, 0) is 31.2 Å². The summed E-state index contributed by atoms with van der Waals surface area (Å²) in [6.07, 6.45) is 3.17. The zero-order valence-corrected chi connectivity index (χ0v) is 13.5. The van der Waals surface area contributed by atoms with Gasteiger partial charge in [0, 0.05) is 17.6 Å². The van der Waals surface area contributed by atoms with E-state index in [0.717, 1.165) is 17.1 Å². The number of anilines is 2. The number of benzene rings is 1. The summed E-state index contributed by atoms with van der Waals surface area (Å²) >= 11 is 0. The Bertz CT molecular complexity index is 932. The van der Waals surface area contributed by atoms with Crippen LogP contribution in [0.3, 0.4) is 0 Å². The Balaban J connectivity index is 1.77. The summed E-state index contributed by atoms with van der Waals surface area (Å²) in [5, 5.41) is 10.4. The molecule has 3 heterocycles. The van der Waals surface area contributed by atoms with Gasteiger partial charge in [0.1, 0.15) is 12.4 Å². The Hall–Kier alpha value is -3.48. The molecule has 7 nitrogen and oxygen atoms in total. The number of fused-ring (bicyclic) bond motifs is 1. The van der Waals surface area contributed by atoms with E-state index in [4.69, 9.17) is 0 Å². The lowest BCUT2D eigenvalue weighted by molar-refractivity contribution is -0.113. The van der Waals surface area contributed by atoms with Crippen LogP contribution in [0.25, 0.3) is 0 Å². The van der Waals surface area contributed by atoms with E-state index in [1.54, 1.807) is 10.9 Å². The van der Waals surface area contributed by atoms with Crippen LogP contribution in [0.1, 0.15) is 18.7 Å². The molecule has 1 atom stereocenters. The lowest BCUT2D eigenvalue weighted by atomic mass is 9.98. The number of nitrogens with zero attached hydrogens (tertiary/aromatic N) is 4. The predicted molar refractivity (Wildman–Crippen MR) is 93.8 cm³/mol. The molecule has 0 saturated carbocycles. The average molecular weight is 332 g/mol. The van der Waals surface area contributed by atoms with Crippen molar-refractivity contribution < 1.29 is 4.79 Å². The normalized spacial score (nSPS) is 16.1. The molecule has 25 heavy (non-hydrogen) atoms. The molecule has 4 rings (SSSR count). The number of allylic oxidation sites excluding steroid dienone is 1. The topological polar surface area (TPSA) is 84.7 Å². The SMILES string of the molecule is CC1=C(C(=O)Nc2ccccc2)[C@@H](c2ccccn2)n2ncnc2N1. The lowest BCUT2D eigenvalue weighted by Crippen LogP contribution is -2.32. The Morgan fingerprint density at radius 3 is 2.68 bits per heavy atom. The van der Waals surface area contributed by atoms with Crippen molar-refractivity contribution >= 4 is 17.5 Å². The second-order valence-corrected chi connectivity index (χ2v) is 5.67. The summed E-state index contributed by atoms with van der Waals surface area (Å²) in [6, 6.07) is 14.5. The van der Waals surface area contributed by atoms with Crippen molar-refractivity contribution in [2.45, 2.75) is 13.0 Å². The third kappa shape index (κ3) is 2.76. The third-order valence-corrected chi connectivity index (χ3v) is 4.04. The molecular weight excluding hydrogens is 316 g/mol. The van der Waals surface area contributed by atoms with Crippen LogP contribution in [-0.2, 0) is 4.79 Å². The molecule has 0 radical (unpaired) electrons. The van der Waals surface area contributed by atoms with Gasteiger partial charge in [-0.15, -0.1) is 0 Å². The molecule has 0 aliphatic carbocycles. The molecular formula is C18H16N6O. The molecule has 0 bridgehead atoms. The largest absolute Gasteiger partial charge is 0.328 e. The van der Waals surface area contributed by atoms with Gasteiger partial charge in [0.15, 0.2) is 0 Å². The lowest BCUT2D eigenvalue weighted by Gasteiger charge is -2.28. The summed E-state index contributed by atoms with van der Waals surface area (Å²) in [6.45, 7) is 1.86. The number of hydrogen-bond acceptors (Lipinski definition) is 5. The Kier molecular flexibility index (Phi) is 3.74. The van der Waals surface area contributed by atoms with Gasteiger partial charge < -0.3 is 10.6 Å². The molecule has 7 heteroatoms. The minimum Gasteiger partial charge on any atom is -0.328 e. The van der Waals surface area contributed by atoms with Gasteiger partial charge in [0.05, 0.1) is 11.3 Å². The van der Waals surface area contributed by atoms with Crippen LogP contribution in [-0.4, -0.2) is 25.7 Å².